The number of nitrogens with one attached hydrogen (secondary N) is 1. The maximum Gasteiger partial charge on any atom is 0.238 e. The molecule has 0 aliphatic carbocycles. The zero-order valence-corrected chi connectivity index (χ0v) is 15.8. The molecule has 0 unspecified atom stereocenters. The Morgan fingerprint density at radius 3 is 2.54 bits per heavy atom. The number of benzene rings is 2. The van der Waals surface area contributed by atoms with Gasteiger partial charge >= 0.3 is 0 Å². The Hall–Kier alpha value is -3.18. The van der Waals surface area contributed by atoms with Crippen molar-refractivity contribution >= 4 is 17.4 Å². The Balaban J connectivity index is 1.48. The van der Waals surface area contributed by atoms with Gasteiger partial charge in [-0.3, -0.25) is 14.5 Å². The number of hydrogen-bond acceptors (Lipinski definition) is 3. The fourth-order valence-corrected chi connectivity index (χ4v) is 3.75. The Morgan fingerprint density at radius 1 is 0.964 bits per heavy atom. The molecule has 28 heavy (non-hydrogen) atoms. The van der Waals surface area contributed by atoms with Crippen molar-refractivity contribution < 1.29 is 9.59 Å². The first-order chi connectivity index (χ1) is 13.6. The smallest absolute Gasteiger partial charge is 0.238 e. The molecular weight excluding hydrogens is 350 g/mol. The number of ketones is 1. The van der Waals surface area contributed by atoms with Gasteiger partial charge in [0.15, 0.2) is 5.78 Å². The molecule has 0 spiro atoms. The summed E-state index contributed by atoms with van der Waals surface area (Å²) in [6, 6.07) is 20.6. The van der Waals surface area contributed by atoms with Gasteiger partial charge in [0.1, 0.15) is 0 Å². The molecule has 5 nitrogen and oxygen atoms in total. The molecule has 0 radical (unpaired) electrons. The minimum atomic E-state index is -0.111. The molecule has 1 aliphatic rings. The minimum absolute atomic E-state index is 0.0966. The van der Waals surface area contributed by atoms with E-state index in [1.807, 2.05) is 36.4 Å². The van der Waals surface area contributed by atoms with Crippen molar-refractivity contribution in [2.75, 3.05) is 18.4 Å². The summed E-state index contributed by atoms with van der Waals surface area (Å²) < 4.78 is 2.23. The van der Waals surface area contributed by atoms with E-state index in [9.17, 15) is 9.59 Å². The minimum Gasteiger partial charge on any atom is -0.349 e. The highest BCUT2D eigenvalue weighted by Crippen LogP contribution is 2.25. The lowest BCUT2D eigenvalue weighted by Crippen LogP contribution is -2.41. The van der Waals surface area contributed by atoms with Crippen molar-refractivity contribution in [1.29, 1.82) is 0 Å². The molecule has 5 heteroatoms. The van der Waals surface area contributed by atoms with E-state index in [1.165, 1.54) is 5.69 Å². The van der Waals surface area contributed by atoms with Crippen LogP contribution in [-0.4, -0.2) is 34.2 Å². The first-order valence-electron chi connectivity index (χ1n) is 9.51. The number of anilines is 1. The molecule has 1 atom stereocenters. The molecule has 1 N–H and O–H groups in total. The topological polar surface area (TPSA) is 54.3 Å². The summed E-state index contributed by atoms with van der Waals surface area (Å²) in [5, 5.41) is 2.94. The highest BCUT2D eigenvalue weighted by molar-refractivity contribution is 6.13. The lowest BCUT2D eigenvalue weighted by molar-refractivity contribution is -0.118. The Morgan fingerprint density at radius 2 is 1.71 bits per heavy atom. The van der Waals surface area contributed by atoms with Gasteiger partial charge in [0.05, 0.1) is 12.2 Å². The second kappa shape index (κ2) is 7.82. The fourth-order valence-electron chi connectivity index (χ4n) is 3.75. The number of fused-ring (bicyclic) bond motifs is 1. The van der Waals surface area contributed by atoms with Gasteiger partial charge < -0.3 is 9.88 Å². The Labute approximate surface area is 164 Å². The molecule has 0 bridgehead atoms. The van der Waals surface area contributed by atoms with E-state index in [1.54, 1.807) is 24.3 Å². The molecule has 1 aromatic heterocycles. The summed E-state index contributed by atoms with van der Waals surface area (Å²) in [7, 11) is 0. The van der Waals surface area contributed by atoms with Crippen LogP contribution in [0.2, 0.25) is 0 Å². The number of amides is 1. The van der Waals surface area contributed by atoms with Crippen LogP contribution in [0.3, 0.4) is 0 Å². The molecule has 142 valence electrons. The van der Waals surface area contributed by atoms with Crippen LogP contribution in [0.4, 0.5) is 5.69 Å². The van der Waals surface area contributed by atoms with Crippen LogP contribution in [0.15, 0.2) is 72.9 Å². The second-order valence-electron chi connectivity index (χ2n) is 7.06. The van der Waals surface area contributed by atoms with Crippen LogP contribution in [0.25, 0.3) is 0 Å². The van der Waals surface area contributed by atoms with Crippen LogP contribution in [0, 0.1) is 0 Å². The molecule has 0 fully saturated rings. The summed E-state index contributed by atoms with van der Waals surface area (Å²) in [5.41, 5.74) is 2.88. The van der Waals surface area contributed by atoms with E-state index in [0.29, 0.717) is 23.4 Å². The van der Waals surface area contributed by atoms with Gasteiger partial charge in [-0.2, -0.15) is 0 Å². The Bertz CT molecular complexity index is 994. The van der Waals surface area contributed by atoms with Crippen LogP contribution in [0.5, 0.6) is 0 Å². The van der Waals surface area contributed by atoms with Gasteiger partial charge in [-0.05, 0) is 31.2 Å². The molecule has 3 aromatic rings. The monoisotopic (exact) mass is 373 g/mol. The first kappa shape index (κ1) is 18.2. The fraction of sp³-hybridized carbons (Fsp3) is 0.217. The molecule has 1 aliphatic heterocycles. The van der Waals surface area contributed by atoms with Crippen LogP contribution in [-0.2, 0) is 11.3 Å². The third-order valence-electron chi connectivity index (χ3n) is 5.30. The van der Waals surface area contributed by atoms with Crippen molar-refractivity contribution in [3.05, 3.63) is 89.7 Å². The third kappa shape index (κ3) is 3.62. The van der Waals surface area contributed by atoms with Crippen molar-refractivity contribution in [2.24, 2.45) is 0 Å². The van der Waals surface area contributed by atoms with Crippen molar-refractivity contribution in [1.82, 2.24) is 9.47 Å². The largest absolute Gasteiger partial charge is 0.349 e. The van der Waals surface area contributed by atoms with Gasteiger partial charge in [-0.1, -0.05) is 42.5 Å². The molecule has 1 amide bonds. The zero-order valence-electron chi connectivity index (χ0n) is 15.8. The van der Waals surface area contributed by atoms with E-state index >= 15 is 0 Å². The normalized spacial score (nSPS) is 16.4. The van der Waals surface area contributed by atoms with Crippen LogP contribution >= 0.6 is 0 Å². The van der Waals surface area contributed by atoms with Crippen molar-refractivity contribution in [3.8, 4) is 0 Å². The summed E-state index contributed by atoms with van der Waals surface area (Å²) in [4.78, 5) is 27.7. The lowest BCUT2D eigenvalue weighted by Gasteiger charge is -2.34. The zero-order chi connectivity index (χ0) is 19.5. The SMILES string of the molecule is C[C@H]1c2cccn2CCN1CC(=O)Nc1ccccc1C(=O)c1ccccc1. The second-order valence-corrected chi connectivity index (χ2v) is 7.06. The standard InChI is InChI=1S/C23H23N3O2/c1-17-21-12-7-13-25(21)14-15-26(17)16-22(27)24-20-11-6-5-10-19(20)23(28)18-8-3-2-4-9-18/h2-13,17H,14-16H2,1H3,(H,24,27)/t17-/m0/s1. The molecule has 0 saturated heterocycles. The third-order valence-corrected chi connectivity index (χ3v) is 5.30. The van der Waals surface area contributed by atoms with Crippen molar-refractivity contribution in [3.63, 3.8) is 0 Å². The summed E-state index contributed by atoms with van der Waals surface area (Å²) in [6.45, 7) is 4.11. The van der Waals surface area contributed by atoms with Gasteiger partial charge in [0.25, 0.3) is 0 Å². The first-order valence-corrected chi connectivity index (χ1v) is 9.51. The van der Waals surface area contributed by atoms with E-state index in [4.69, 9.17) is 0 Å². The number of para-hydroxylation sites is 1. The summed E-state index contributed by atoms with van der Waals surface area (Å²) >= 11 is 0. The Kier molecular flexibility index (Phi) is 5.08. The van der Waals surface area contributed by atoms with Crippen molar-refractivity contribution in [2.45, 2.75) is 19.5 Å². The maximum absolute atomic E-state index is 12.8. The van der Waals surface area contributed by atoms with Crippen LogP contribution in [0.1, 0.15) is 34.6 Å². The molecule has 2 aromatic carbocycles. The molecule has 0 saturated carbocycles. The van der Waals surface area contributed by atoms with Gasteiger partial charge in [0, 0.05) is 42.1 Å². The molecule has 4 rings (SSSR count). The number of carbonyl (C=O) groups is 2. The predicted octanol–water partition coefficient (Wildman–Crippen LogP) is 3.73. The van der Waals surface area contributed by atoms with Crippen LogP contribution < -0.4 is 5.32 Å². The van der Waals surface area contributed by atoms with Gasteiger partial charge in [-0.25, -0.2) is 0 Å². The average molecular weight is 373 g/mol. The highest BCUT2D eigenvalue weighted by atomic mass is 16.2. The number of rotatable bonds is 5. The summed E-state index contributed by atoms with van der Waals surface area (Å²) in [6.07, 6.45) is 2.08. The van der Waals surface area contributed by atoms with E-state index in [2.05, 4.69) is 34.0 Å². The average Bonchev–Trinajstić information content (AvgIpc) is 3.20. The van der Waals surface area contributed by atoms with E-state index in [0.717, 1.165) is 13.1 Å². The lowest BCUT2D eigenvalue weighted by atomic mass is 10.0. The predicted molar refractivity (Wildman–Crippen MR) is 109 cm³/mol. The molecule has 2 heterocycles. The number of nitrogens with zero attached hydrogens (tertiary/aromatic N) is 2. The van der Waals surface area contributed by atoms with E-state index < -0.39 is 0 Å². The number of carbonyl (C=O) groups excluding carboxylic acids is 2. The van der Waals surface area contributed by atoms with Gasteiger partial charge in [0.2, 0.25) is 5.91 Å². The summed E-state index contributed by atoms with van der Waals surface area (Å²) in [5.74, 6) is -0.208. The quantitative estimate of drug-likeness (QED) is 0.693. The van der Waals surface area contributed by atoms with Gasteiger partial charge in [-0.15, -0.1) is 0 Å². The highest BCUT2D eigenvalue weighted by Gasteiger charge is 2.25. The maximum atomic E-state index is 12.8. The number of hydrogen-bond donors (Lipinski definition) is 1. The molecular formula is C23H23N3O2. The van der Waals surface area contributed by atoms with E-state index in [-0.39, 0.29) is 17.7 Å². The number of aromatic nitrogens is 1.